The van der Waals surface area contributed by atoms with Gasteiger partial charge in [0.2, 0.25) is 0 Å². The van der Waals surface area contributed by atoms with Gasteiger partial charge in [-0.15, -0.1) is 0 Å². The van der Waals surface area contributed by atoms with Crippen LogP contribution in [0.1, 0.15) is 21.5 Å². The van der Waals surface area contributed by atoms with Gasteiger partial charge in [0.05, 0.1) is 27.9 Å². The van der Waals surface area contributed by atoms with Crippen LogP contribution in [-0.2, 0) is 4.79 Å². The molecule has 0 aliphatic carbocycles. The Labute approximate surface area is 177 Å². The molecule has 0 spiro atoms. The molecule has 0 unspecified atom stereocenters. The number of aryl methyl sites for hydroxylation is 1. The average Bonchev–Trinajstić information content (AvgIpc) is 2.69. The number of hydrogen-bond donors (Lipinski definition) is 4. The zero-order valence-corrected chi connectivity index (χ0v) is 16.9. The average molecular weight is 431 g/mol. The van der Waals surface area contributed by atoms with E-state index in [1.807, 2.05) is 6.07 Å². The first-order chi connectivity index (χ1) is 13.8. The molecule has 4 N–H and O–H groups in total. The first kappa shape index (κ1) is 21.9. The molecule has 0 saturated carbocycles. The third-order valence-corrected chi connectivity index (χ3v) is 4.12. The van der Waals surface area contributed by atoms with Crippen LogP contribution in [0.3, 0.4) is 0 Å². The van der Waals surface area contributed by atoms with Crippen LogP contribution < -0.4 is 16.0 Å². The molecule has 1 aromatic heterocycles. The van der Waals surface area contributed by atoms with Crippen molar-refractivity contribution in [3.63, 3.8) is 0 Å². The molecule has 0 atom stereocenters. The molecule has 2 amide bonds. The summed E-state index contributed by atoms with van der Waals surface area (Å²) >= 11 is 11.7. The van der Waals surface area contributed by atoms with Crippen LogP contribution >= 0.6 is 23.2 Å². The standard InChI is InChI=1S/C19H16Cl2N6O2/c1-10-6-11(9-22)7-12(18(28)24-2)16(10)27-19(29)14(8-15(21)23)26-17-13(20)4-3-5-25-17/h3-8,23H,1-2H3,(H,24,28)(H,25,26)(H,27,29). The van der Waals surface area contributed by atoms with Crippen molar-refractivity contribution in [1.82, 2.24) is 10.3 Å². The third kappa shape index (κ3) is 5.54. The lowest BCUT2D eigenvalue weighted by atomic mass is 10.0. The Hall–Kier alpha value is -3.41. The normalized spacial score (nSPS) is 10.7. The Balaban J connectivity index is 2.44. The van der Waals surface area contributed by atoms with Crippen LogP contribution in [0, 0.1) is 23.7 Å². The minimum atomic E-state index is -0.685. The van der Waals surface area contributed by atoms with Crippen LogP contribution in [-0.4, -0.2) is 29.0 Å². The number of pyridine rings is 1. The topological polar surface area (TPSA) is 131 Å². The molecule has 2 aromatic rings. The van der Waals surface area contributed by atoms with E-state index in [4.69, 9.17) is 33.9 Å². The Kier molecular flexibility index (Phi) is 7.31. The first-order valence-corrected chi connectivity index (χ1v) is 8.93. The molecule has 148 valence electrons. The van der Waals surface area contributed by atoms with E-state index in [1.54, 1.807) is 19.1 Å². The molecule has 29 heavy (non-hydrogen) atoms. The number of aromatic nitrogens is 1. The van der Waals surface area contributed by atoms with Crippen LogP contribution in [0.25, 0.3) is 0 Å². The molecule has 8 nitrogen and oxygen atoms in total. The number of carbonyl (C=O) groups excluding carboxylic acids is 2. The summed E-state index contributed by atoms with van der Waals surface area (Å²) in [5, 5.41) is 24.3. The Bertz CT molecular complexity index is 1060. The van der Waals surface area contributed by atoms with E-state index in [9.17, 15) is 9.59 Å². The lowest BCUT2D eigenvalue weighted by Crippen LogP contribution is -2.25. The highest BCUT2D eigenvalue weighted by Crippen LogP contribution is 2.25. The van der Waals surface area contributed by atoms with Crippen molar-refractivity contribution >= 4 is 51.7 Å². The number of hydrogen-bond acceptors (Lipinski definition) is 6. The van der Waals surface area contributed by atoms with Gasteiger partial charge in [-0.3, -0.25) is 15.0 Å². The van der Waals surface area contributed by atoms with Crippen LogP contribution in [0.5, 0.6) is 0 Å². The lowest BCUT2D eigenvalue weighted by Gasteiger charge is -2.16. The molecule has 0 aliphatic rings. The number of nitrogens with zero attached hydrogens (tertiary/aromatic N) is 2. The highest BCUT2D eigenvalue weighted by molar-refractivity contribution is 6.67. The van der Waals surface area contributed by atoms with Gasteiger partial charge < -0.3 is 16.0 Å². The molecule has 0 aliphatic heterocycles. The van der Waals surface area contributed by atoms with Gasteiger partial charge in [0, 0.05) is 19.3 Å². The highest BCUT2D eigenvalue weighted by Gasteiger charge is 2.19. The second-order valence-electron chi connectivity index (χ2n) is 5.73. The number of benzene rings is 1. The van der Waals surface area contributed by atoms with Gasteiger partial charge in [-0.1, -0.05) is 23.2 Å². The minimum absolute atomic E-state index is 0.114. The first-order valence-electron chi connectivity index (χ1n) is 8.18. The van der Waals surface area contributed by atoms with Crippen molar-refractivity contribution in [1.29, 1.82) is 10.7 Å². The number of allylic oxidation sites excluding steroid dienone is 1. The van der Waals surface area contributed by atoms with E-state index in [0.29, 0.717) is 5.56 Å². The number of halogens is 2. The summed E-state index contributed by atoms with van der Waals surface area (Å²) in [6.07, 6.45) is 2.56. The summed E-state index contributed by atoms with van der Waals surface area (Å²) in [7, 11) is 1.44. The monoisotopic (exact) mass is 430 g/mol. The number of nitrogens with one attached hydrogen (secondary N) is 4. The SMILES string of the molecule is CNC(=O)c1cc(C#N)cc(C)c1NC(=O)C(=CC(=N)Cl)Nc1ncccc1Cl. The number of anilines is 2. The molecule has 1 aromatic carbocycles. The maximum absolute atomic E-state index is 12.9. The van der Waals surface area contributed by atoms with E-state index < -0.39 is 17.0 Å². The molecular formula is C19H16Cl2N6O2. The van der Waals surface area contributed by atoms with E-state index in [-0.39, 0.29) is 33.4 Å². The molecule has 1 heterocycles. The van der Waals surface area contributed by atoms with Crippen LogP contribution in [0.4, 0.5) is 11.5 Å². The van der Waals surface area contributed by atoms with E-state index in [2.05, 4.69) is 20.9 Å². The van der Waals surface area contributed by atoms with Gasteiger partial charge in [-0.05, 0) is 36.8 Å². The van der Waals surface area contributed by atoms with E-state index in [1.165, 1.54) is 25.4 Å². The van der Waals surface area contributed by atoms with Gasteiger partial charge in [-0.25, -0.2) is 4.98 Å². The zero-order valence-electron chi connectivity index (χ0n) is 15.4. The molecule has 0 radical (unpaired) electrons. The predicted molar refractivity (Wildman–Crippen MR) is 112 cm³/mol. The van der Waals surface area contributed by atoms with Crippen molar-refractivity contribution in [3.8, 4) is 6.07 Å². The maximum atomic E-state index is 12.9. The lowest BCUT2D eigenvalue weighted by molar-refractivity contribution is -0.112. The number of rotatable bonds is 6. The van der Waals surface area contributed by atoms with Gasteiger partial charge in [-0.2, -0.15) is 5.26 Å². The van der Waals surface area contributed by atoms with Gasteiger partial charge in [0.25, 0.3) is 11.8 Å². The largest absolute Gasteiger partial charge is 0.355 e. The second kappa shape index (κ2) is 9.68. The van der Waals surface area contributed by atoms with Crippen LogP contribution in [0.15, 0.2) is 42.2 Å². The molecule has 0 bridgehead atoms. The Morgan fingerprint density at radius 2 is 2.03 bits per heavy atom. The maximum Gasteiger partial charge on any atom is 0.272 e. The molecule has 0 saturated heterocycles. The smallest absolute Gasteiger partial charge is 0.272 e. The van der Waals surface area contributed by atoms with Gasteiger partial charge in [0.15, 0.2) is 0 Å². The number of amides is 2. The highest BCUT2D eigenvalue weighted by atomic mass is 35.5. The van der Waals surface area contributed by atoms with Gasteiger partial charge in [0.1, 0.15) is 16.7 Å². The number of nitriles is 1. The minimum Gasteiger partial charge on any atom is -0.355 e. The van der Waals surface area contributed by atoms with Crippen molar-refractivity contribution < 1.29 is 9.59 Å². The Morgan fingerprint density at radius 1 is 1.31 bits per heavy atom. The summed E-state index contributed by atoms with van der Waals surface area (Å²) in [6.45, 7) is 1.65. The third-order valence-electron chi connectivity index (χ3n) is 3.70. The second-order valence-corrected chi connectivity index (χ2v) is 6.54. The predicted octanol–water partition coefficient (Wildman–Crippen LogP) is 3.43. The van der Waals surface area contributed by atoms with Crippen LogP contribution in [0.2, 0.25) is 5.02 Å². The van der Waals surface area contributed by atoms with Crippen molar-refractivity contribution in [2.45, 2.75) is 6.92 Å². The van der Waals surface area contributed by atoms with Crippen molar-refractivity contribution in [2.75, 3.05) is 17.7 Å². The fourth-order valence-corrected chi connectivity index (χ4v) is 2.68. The summed E-state index contributed by atoms with van der Waals surface area (Å²) in [5.41, 5.74) is 1.00. The summed E-state index contributed by atoms with van der Waals surface area (Å²) in [4.78, 5) is 29.1. The van der Waals surface area contributed by atoms with Crippen molar-refractivity contribution in [3.05, 3.63) is 63.9 Å². The molecule has 2 rings (SSSR count). The fraction of sp³-hybridized carbons (Fsp3) is 0.105. The summed E-state index contributed by atoms with van der Waals surface area (Å²) < 4.78 is 0. The fourth-order valence-electron chi connectivity index (χ4n) is 2.40. The van der Waals surface area contributed by atoms with Crippen molar-refractivity contribution in [2.24, 2.45) is 0 Å². The molecular weight excluding hydrogens is 415 g/mol. The molecule has 10 heteroatoms. The van der Waals surface area contributed by atoms with E-state index >= 15 is 0 Å². The summed E-state index contributed by atoms with van der Waals surface area (Å²) in [6, 6.07) is 8.08. The van der Waals surface area contributed by atoms with E-state index in [0.717, 1.165) is 6.08 Å². The zero-order chi connectivity index (χ0) is 21.6. The number of carbonyl (C=O) groups is 2. The Morgan fingerprint density at radius 3 is 2.62 bits per heavy atom. The van der Waals surface area contributed by atoms with Gasteiger partial charge >= 0.3 is 0 Å². The molecule has 0 fully saturated rings. The summed E-state index contributed by atoms with van der Waals surface area (Å²) in [5.74, 6) is -0.969. The quantitative estimate of drug-likeness (QED) is 0.411.